The lowest BCUT2D eigenvalue weighted by Crippen LogP contribution is -2.21. The van der Waals surface area contributed by atoms with Gasteiger partial charge in [-0.25, -0.2) is 4.98 Å². The van der Waals surface area contributed by atoms with Gasteiger partial charge in [-0.3, -0.25) is 4.98 Å². The molecule has 16 heavy (non-hydrogen) atoms. The molecule has 0 saturated heterocycles. The van der Waals surface area contributed by atoms with Gasteiger partial charge in [0.05, 0.1) is 11.9 Å². The number of pyridine rings is 1. The number of nitrogens with two attached hydrogens (primary N) is 1. The number of aromatic amines is 1. The van der Waals surface area contributed by atoms with Crippen molar-refractivity contribution in [3.8, 4) is 11.3 Å². The molecular formula is C12H14N4. The lowest BCUT2D eigenvalue weighted by molar-refractivity contribution is 0.659. The molecule has 0 radical (unpaired) electrons. The van der Waals surface area contributed by atoms with E-state index in [4.69, 9.17) is 5.73 Å². The molecule has 0 atom stereocenters. The van der Waals surface area contributed by atoms with Crippen LogP contribution in [0, 0.1) is 0 Å². The van der Waals surface area contributed by atoms with Crippen molar-refractivity contribution in [3.63, 3.8) is 0 Å². The highest BCUT2D eigenvalue weighted by molar-refractivity contribution is 5.57. The van der Waals surface area contributed by atoms with Crippen molar-refractivity contribution in [2.75, 3.05) is 6.54 Å². The first-order valence-electron chi connectivity index (χ1n) is 5.50. The van der Waals surface area contributed by atoms with Crippen LogP contribution in [0.15, 0.2) is 30.7 Å². The first-order chi connectivity index (χ1) is 7.84. The van der Waals surface area contributed by atoms with Crippen LogP contribution >= 0.6 is 0 Å². The van der Waals surface area contributed by atoms with Crippen molar-refractivity contribution in [1.82, 2.24) is 15.0 Å². The van der Waals surface area contributed by atoms with E-state index in [-0.39, 0.29) is 5.41 Å². The summed E-state index contributed by atoms with van der Waals surface area (Å²) in [5, 5.41) is 0. The fourth-order valence-electron chi connectivity index (χ4n) is 1.96. The molecule has 2 aromatic rings. The van der Waals surface area contributed by atoms with E-state index in [0.717, 1.165) is 29.9 Å². The van der Waals surface area contributed by atoms with Gasteiger partial charge >= 0.3 is 0 Å². The number of hydrogen-bond acceptors (Lipinski definition) is 3. The number of nitrogens with zero attached hydrogens (tertiary/aromatic N) is 2. The molecule has 82 valence electrons. The predicted octanol–water partition coefficient (Wildman–Crippen LogP) is 1.46. The SMILES string of the molecule is NCC1(c2ncc(-c3ccncc3)[nH]2)CC1. The second-order valence-electron chi connectivity index (χ2n) is 4.37. The van der Waals surface area contributed by atoms with Crippen molar-refractivity contribution >= 4 is 0 Å². The quantitative estimate of drug-likeness (QED) is 0.812. The van der Waals surface area contributed by atoms with Gasteiger partial charge in [0.25, 0.3) is 0 Å². The van der Waals surface area contributed by atoms with Crippen LogP contribution in [0.3, 0.4) is 0 Å². The van der Waals surface area contributed by atoms with E-state index in [1.807, 2.05) is 18.3 Å². The van der Waals surface area contributed by atoms with E-state index in [1.54, 1.807) is 12.4 Å². The number of hydrogen-bond donors (Lipinski definition) is 2. The van der Waals surface area contributed by atoms with Gasteiger partial charge in [-0.05, 0) is 25.0 Å². The molecule has 1 aliphatic rings. The molecular weight excluding hydrogens is 200 g/mol. The molecule has 0 spiro atoms. The summed E-state index contributed by atoms with van der Waals surface area (Å²) in [6.07, 6.45) is 7.73. The van der Waals surface area contributed by atoms with E-state index in [0.29, 0.717) is 6.54 Å². The Morgan fingerprint density at radius 3 is 2.69 bits per heavy atom. The maximum Gasteiger partial charge on any atom is 0.114 e. The third kappa shape index (κ3) is 1.42. The standard InChI is InChI=1S/C12H14N4/c13-8-12(3-4-12)11-15-7-10(16-11)9-1-5-14-6-2-9/h1-2,5-7H,3-4,8,13H2,(H,15,16). The van der Waals surface area contributed by atoms with Crippen molar-refractivity contribution < 1.29 is 0 Å². The van der Waals surface area contributed by atoms with Crippen LogP contribution in [0.4, 0.5) is 0 Å². The molecule has 0 aromatic carbocycles. The van der Waals surface area contributed by atoms with Crippen LogP contribution in [-0.4, -0.2) is 21.5 Å². The number of rotatable bonds is 3. The third-order valence-corrected chi connectivity index (χ3v) is 3.31. The van der Waals surface area contributed by atoms with Crippen molar-refractivity contribution in [1.29, 1.82) is 0 Å². The van der Waals surface area contributed by atoms with Gasteiger partial charge in [-0.2, -0.15) is 0 Å². The van der Waals surface area contributed by atoms with E-state index in [1.165, 1.54) is 0 Å². The van der Waals surface area contributed by atoms with Gasteiger partial charge in [0.15, 0.2) is 0 Å². The smallest absolute Gasteiger partial charge is 0.114 e. The minimum atomic E-state index is 0.130. The first kappa shape index (κ1) is 9.54. The molecule has 3 N–H and O–H groups in total. The zero-order chi connectivity index (χ0) is 11.0. The maximum atomic E-state index is 5.78. The summed E-state index contributed by atoms with van der Waals surface area (Å²) in [5.41, 5.74) is 8.06. The highest BCUT2D eigenvalue weighted by atomic mass is 15.0. The molecule has 2 aromatic heterocycles. The molecule has 0 bridgehead atoms. The van der Waals surface area contributed by atoms with E-state index in [2.05, 4.69) is 15.0 Å². The number of nitrogens with one attached hydrogen (secondary N) is 1. The molecule has 0 amide bonds. The van der Waals surface area contributed by atoms with Crippen LogP contribution in [0.1, 0.15) is 18.7 Å². The second-order valence-corrected chi connectivity index (χ2v) is 4.37. The molecule has 1 aliphatic carbocycles. The second kappa shape index (κ2) is 3.42. The Morgan fingerprint density at radius 1 is 1.31 bits per heavy atom. The van der Waals surface area contributed by atoms with Crippen LogP contribution in [-0.2, 0) is 5.41 Å². The lowest BCUT2D eigenvalue weighted by Gasteiger charge is -2.07. The molecule has 1 fully saturated rings. The first-order valence-corrected chi connectivity index (χ1v) is 5.50. The summed E-state index contributed by atoms with van der Waals surface area (Å²) in [4.78, 5) is 11.8. The third-order valence-electron chi connectivity index (χ3n) is 3.31. The predicted molar refractivity (Wildman–Crippen MR) is 61.8 cm³/mol. The van der Waals surface area contributed by atoms with Gasteiger partial charge in [0.1, 0.15) is 5.82 Å². The normalized spacial score (nSPS) is 17.3. The van der Waals surface area contributed by atoms with Gasteiger partial charge in [-0.15, -0.1) is 0 Å². The Morgan fingerprint density at radius 2 is 2.06 bits per heavy atom. The van der Waals surface area contributed by atoms with Gasteiger partial charge < -0.3 is 10.7 Å². The number of aromatic nitrogens is 3. The Kier molecular flexibility index (Phi) is 2.04. The Labute approximate surface area is 93.9 Å². The zero-order valence-corrected chi connectivity index (χ0v) is 8.98. The van der Waals surface area contributed by atoms with Crippen molar-refractivity contribution in [2.45, 2.75) is 18.3 Å². The van der Waals surface area contributed by atoms with Crippen LogP contribution in [0.2, 0.25) is 0 Å². The van der Waals surface area contributed by atoms with Crippen LogP contribution in [0.5, 0.6) is 0 Å². The van der Waals surface area contributed by atoms with Crippen molar-refractivity contribution in [2.24, 2.45) is 5.73 Å². The minimum Gasteiger partial charge on any atom is -0.341 e. The Hall–Kier alpha value is -1.68. The fourth-order valence-corrected chi connectivity index (χ4v) is 1.96. The highest BCUT2D eigenvalue weighted by Crippen LogP contribution is 2.45. The fraction of sp³-hybridized carbons (Fsp3) is 0.333. The highest BCUT2D eigenvalue weighted by Gasteiger charge is 2.45. The number of imidazole rings is 1. The summed E-state index contributed by atoms with van der Waals surface area (Å²) >= 11 is 0. The van der Waals surface area contributed by atoms with Gasteiger partial charge in [0.2, 0.25) is 0 Å². The van der Waals surface area contributed by atoms with Crippen LogP contribution in [0.25, 0.3) is 11.3 Å². The molecule has 0 unspecified atom stereocenters. The molecule has 2 heterocycles. The van der Waals surface area contributed by atoms with Crippen LogP contribution < -0.4 is 5.73 Å². The van der Waals surface area contributed by atoms with Gasteiger partial charge in [0, 0.05) is 29.9 Å². The van der Waals surface area contributed by atoms with Crippen molar-refractivity contribution in [3.05, 3.63) is 36.5 Å². The van der Waals surface area contributed by atoms with Gasteiger partial charge in [-0.1, -0.05) is 0 Å². The summed E-state index contributed by atoms with van der Waals surface area (Å²) in [6, 6.07) is 3.94. The molecule has 3 rings (SSSR count). The Bertz CT molecular complexity index is 485. The van der Waals surface area contributed by atoms with E-state index in [9.17, 15) is 0 Å². The summed E-state index contributed by atoms with van der Waals surface area (Å²) in [6.45, 7) is 0.677. The largest absolute Gasteiger partial charge is 0.341 e. The maximum absolute atomic E-state index is 5.78. The average Bonchev–Trinajstić information content (AvgIpc) is 3.00. The molecule has 4 heteroatoms. The van der Waals surface area contributed by atoms with E-state index >= 15 is 0 Å². The topological polar surface area (TPSA) is 67.6 Å². The molecule has 1 saturated carbocycles. The molecule has 0 aliphatic heterocycles. The zero-order valence-electron chi connectivity index (χ0n) is 8.98. The average molecular weight is 214 g/mol. The van der Waals surface area contributed by atoms with E-state index < -0.39 is 0 Å². The number of H-pyrrole nitrogens is 1. The summed E-state index contributed by atoms with van der Waals surface area (Å²) in [5.74, 6) is 1.03. The molecule has 4 nitrogen and oxygen atoms in total. The summed E-state index contributed by atoms with van der Waals surface area (Å²) < 4.78 is 0. The Balaban J connectivity index is 1.94. The monoisotopic (exact) mass is 214 g/mol. The lowest BCUT2D eigenvalue weighted by atomic mass is 10.1. The minimum absolute atomic E-state index is 0.130. The summed E-state index contributed by atoms with van der Waals surface area (Å²) in [7, 11) is 0.